The molecule has 0 spiro atoms. The third-order valence-corrected chi connectivity index (χ3v) is 11.3. The van der Waals surface area contributed by atoms with Gasteiger partial charge >= 0.3 is 178 Å². The summed E-state index contributed by atoms with van der Waals surface area (Å²) in [6, 6.07) is 5.54. The normalized spacial score (nSPS) is 14.5. The van der Waals surface area contributed by atoms with Crippen LogP contribution in [0.4, 0.5) is 26.3 Å². The molecule has 0 aromatic heterocycles. The molecule has 0 aliphatic carbocycles. The first-order valence-electron chi connectivity index (χ1n) is 7.98. The molecule has 0 atom stereocenters. The van der Waals surface area contributed by atoms with E-state index in [-0.39, 0.29) is 16.4 Å². The average molecular weight is 598 g/mol. The molecule has 174 valence electrons. The van der Waals surface area contributed by atoms with E-state index in [1.807, 2.05) is 0 Å². The van der Waals surface area contributed by atoms with E-state index >= 15 is 0 Å². The van der Waals surface area contributed by atoms with Crippen LogP contribution in [0.3, 0.4) is 0 Å². The monoisotopic (exact) mass is 598 g/mol. The van der Waals surface area contributed by atoms with E-state index in [4.69, 9.17) is 0 Å². The Labute approximate surface area is 177 Å². The SMILES string of the molecule is CCCC/C(=C\I(OS(=O)(=O)C(F)(F)F)c1ccccc1C)OS(=O)(=O)C(F)(F)F. The van der Waals surface area contributed by atoms with E-state index < -0.39 is 57.2 Å². The molecule has 0 N–H and O–H groups in total. The molecular formula is C15H17F6IO6S2. The van der Waals surface area contributed by atoms with Crippen LogP contribution < -0.4 is 0 Å². The molecular weight excluding hydrogens is 581 g/mol. The van der Waals surface area contributed by atoms with E-state index in [1.165, 1.54) is 31.2 Å². The molecule has 0 fully saturated rings. The standard InChI is InChI=1S/C15H17F6IO6S2/c1-3-4-8-12(27-29(23,24)14(16,17)18)10-22(13-9-6-5-7-11(13)2)28-30(25,26)15(19,20)21/h5-7,9-10H,3-4,8H2,1-2H3/b12-10+. The Hall–Kier alpha value is -1.07. The second-order valence-electron chi connectivity index (χ2n) is 5.65. The number of alkyl halides is 6. The van der Waals surface area contributed by atoms with Crippen molar-refractivity contribution in [1.82, 2.24) is 0 Å². The number of hydrogen-bond acceptors (Lipinski definition) is 6. The second kappa shape index (κ2) is 10.0. The summed E-state index contributed by atoms with van der Waals surface area (Å²) in [7, 11) is -12.2. The maximum absolute atomic E-state index is 12.8. The number of unbranched alkanes of at least 4 members (excludes halogenated alkanes) is 1. The van der Waals surface area contributed by atoms with Gasteiger partial charge in [0.15, 0.2) is 0 Å². The third kappa shape index (κ3) is 7.26. The van der Waals surface area contributed by atoms with Crippen molar-refractivity contribution in [2.24, 2.45) is 0 Å². The predicted octanol–water partition coefficient (Wildman–Crippen LogP) is 5.35. The van der Waals surface area contributed by atoms with Crippen LogP contribution in [0, 0.1) is 10.5 Å². The van der Waals surface area contributed by atoms with Crippen LogP contribution in [0.15, 0.2) is 34.1 Å². The van der Waals surface area contributed by atoms with Gasteiger partial charge in [0.2, 0.25) is 0 Å². The van der Waals surface area contributed by atoms with Gasteiger partial charge < -0.3 is 0 Å². The van der Waals surface area contributed by atoms with Gasteiger partial charge in [-0.3, -0.25) is 0 Å². The van der Waals surface area contributed by atoms with Gasteiger partial charge in [-0.25, -0.2) is 0 Å². The summed E-state index contributed by atoms with van der Waals surface area (Å²) in [5, 5.41) is 0. The number of benzene rings is 1. The van der Waals surface area contributed by atoms with Crippen molar-refractivity contribution in [2.45, 2.75) is 44.1 Å². The molecule has 1 aromatic rings. The average Bonchev–Trinajstić information content (AvgIpc) is 2.57. The summed E-state index contributed by atoms with van der Waals surface area (Å²) in [5.74, 6) is -0.833. The van der Waals surface area contributed by atoms with Gasteiger partial charge in [0.05, 0.1) is 0 Å². The number of hydrogen-bond donors (Lipinski definition) is 0. The zero-order valence-corrected chi connectivity index (χ0v) is 19.2. The van der Waals surface area contributed by atoms with Gasteiger partial charge in [-0.2, -0.15) is 0 Å². The predicted molar refractivity (Wildman–Crippen MR) is 104 cm³/mol. The van der Waals surface area contributed by atoms with Crippen molar-refractivity contribution in [3.05, 3.63) is 43.2 Å². The van der Waals surface area contributed by atoms with E-state index in [9.17, 15) is 43.2 Å². The van der Waals surface area contributed by atoms with Gasteiger partial charge in [0, 0.05) is 0 Å². The van der Waals surface area contributed by atoms with E-state index in [2.05, 4.69) is 6.70 Å². The molecule has 0 unspecified atom stereocenters. The first-order chi connectivity index (χ1) is 13.5. The fourth-order valence-electron chi connectivity index (χ4n) is 1.76. The zero-order chi connectivity index (χ0) is 23.4. The van der Waals surface area contributed by atoms with Crippen molar-refractivity contribution < 1.29 is 49.9 Å². The van der Waals surface area contributed by atoms with Crippen LogP contribution in [0.5, 0.6) is 0 Å². The van der Waals surface area contributed by atoms with Crippen LogP contribution >= 0.6 is 20.2 Å². The van der Waals surface area contributed by atoms with E-state index in [1.54, 1.807) is 6.92 Å². The molecule has 1 rings (SSSR count). The summed E-state index contributed by atoms with van der Waals surface area (Å²) in [6.45, 7) is 3.05. The maximum atomic E-state index is 12.8. The fourth-order valence-corrected chi connectivity index (χ4v) is 8.81. The Morgan fingerprint density at radius 2 is 1.53 bits per heavy atom. The summed E-state index contributed by atoms with van der Waals surface area (Å²) in [4.78, 5) is 0. The van der Waals surface area contributed by atoms with Crippen LogP contribution in [0.1, 0.15) is 31.7 Å². The van der Waals surface area contributed by atoms with Crippen molar-refractivity contribution >= 4 is 40.5 Å². The van der Waals surface area contributed by atoms with Crippen LogP contribution in [-0.4, -0.2) is 27.9 Å². The molecule has 6 nitrogen and oxygen atoms in total. The fraction of sp³-hybridized carbons (Fsp3) is 0.467. The summed E-state index contributed by atoms with van der Waals surface area (Å²) < 4.78 is 131. The number of halogens is 7. The number of aryl methyl sites for hydroxylation is 1. The molecule has 0 bridgehead atoms. The second-order valence-corrected chi connectivity index (χ2v) is 13.1. The summed E-state index contributed by atoms with van der Waals surface area (Å²) >= 11 is -4.05. The number of rotatable bonds is 9. The van der Waals surface area contributed by atoms with Crippen molar-refractivity contribution in [3.63, 3.8) is 0 Å². The van der Waals surface area contributed by atoms with Crippen molar-refractivity contribution in [3.8, 4) is 0 Å². The van der Waals surface area contributed by atoms with Crippen molar-refractivity contribution in [2.75, 3.05) is 0 Å². The molecule has 0 aliphatic rings. The van der Waals surface area contributed by atoms with Crippen LogP contribution in [-0.2, 0) is 26.9 Å². The molecule has 0 heterocycles. The van der Waals surface area contributed by atoms with Gasteiger partial charge in [-0.05, 0) is 0 Å². The van der Waals surface area contributed by atoms with Gasteiger partial charge in [0.1, 0.15) is 0 Å². The van der Waals surface area contributed by atoms with Crippen molar-refractivity contribution in [1.29, 1.82) is 0 Å². The summed E-state index contributed by atoms with van der Waals surface area (Å²) in [6.07, 6.45) is 0.122. The Balaban J connectivity index is 3.54. The Bertz CT molecular complexity index is 970. The molecule has 0 saturated heterocycles. The molecule has 0 amide bonds. The van der Waals surface area contributed by atoms with Crippen LogP contribution in [0.2, 0.25) is 0 Å². The Morgan fingerprint density at radius 3 is 2.00 bits per heavy atom. The van der Waals surface area contributed by atoms with Gasteiger partial charge in [0.25, 0.3) is 0 Å². The minimum absolute atomic E-state index is 0.0107. The number of allylic oxidation sites excluding steroid dienone is 1. The molecule has 30 heavy (non-hydrogen) atoms. The Kier molecular flexibility index (Phi) is 9.02. The summed E-state index contributed by atoms with van der Waals surface area (Å²) in [5.41, 5.74) is -11.2. The van der Waals surface area contributed by atoms with Gasteiger partial charge in [-0.15, -0.1) is 0 Å². The first-order valence-corrected chi connectivity index (χ1v) is 14.0. The zero-order valence-electron chi connectivity index (χ0n) is 15.4. The third-order valence-electron chi connectivity index (χ3n) is 3.21. The van der Waals surface area contributed by atoms with E-state index in [0.717, 1.165) is 0 Å². The quantitative estimate of drug-likeness (QED) is 0.125. The van der Waals surface area contributed by atoms with E-state index in [0.29, 0.717) is 16.1 Å². The Morgan fingerprint density at radius 1 is 1.00 bits per heavy atom. The van der Waals surface area contributed by atoms with Crippen LogP contribution in [0.25, 0.3) is 0 Å². The molecule has 0 radical (unpaired) electrons. The molecule has 15 heteroatoms. The molecule has 0 saturated carbocycles. The minimum atomic E-state index is -6.11. The molecule has 0 aliphatic heterocycles. The first kappa shape index (κ1) is 27.0. The van der Waals surface area contributed by atoms with Gasteiger partial charge in [-0.1, -0.05) is 0 Å². The molecule has 1 aromatic carbocycles. The topological polar surface area (TPSA) is 86.7 Å².